The van der Waals surface area contributed by atoms with E-state index in [1.54, 1.807) is 6.08 Å². The highest BCUT2D eigenvalue weighted by molar-refractivity contribution is 8.18. The Balaban J connectivity index is 1.34. The van der Waals surface area contributed by atoms with Crippen LogP contribution in [0.3, 0.4) is 0 Å². The molecular weight excluding hydrogens is 524 g/mol. The van der Waals surface area contributed by atoms with Crippen LogP contribution in [-0.4, -0.2) is 42.0 Å². The lowest BCUT2D eigenvalue weighted by molar-refractivity contribution is -0.115. The molecule has 0 aliphatic carbocycles. The number of para-hydroxylation sites is 1. The third-order valence-electron chi connectivity index (χ3n) is 6.14. The zero-order chi connectivity index (χ0) is 27.3. The summed E-state index contributed by atoms with van der Waals surface area (Å²) < 4.78 is 5.28. The van der Waals surface area contributed by atoms with Crippen LogP contribution in [0.1, 0.15) is 50.3 Å². The number of halogens is 1. The molecule has 0 saturated carbocycles. The molecule has 2 fully saturated rings. The lowest BCUT2D eigenvalue weighted by atomic mass is 10.0. The number of imide groups is 1. The van der Waals surface area contributed by atoms with Crippen LogP contribution in [0.5, 0.6) is 0 Å². The Morgan fingerprint density at radius 3 is 2.53 bits per heavy atom. The fourth-order valence-corrected chi connectivity index (χ4v) is 5.39. The Morgan fingerprint density at radius 2 is 1.87 bits per heavy atom. The smallest absolute Gasteiger partial charge is 0.407 e. The van der Waals surface area contributed by atoms with Crippen molar-refractivity contribution in [3.8, 4) is 0 Å². The maximum absolute atomic E-state index is 12.1. The van der Waals surface area contributed by atoms with E-state index in [0.717, 1.165) is 66.6 Å². The molecule has 0 bridgehead atoms. The quantitative estimate of drug-likeness (QED) is 0.390. The van der Waals surface area contributed by atoms with Crippen LogP contribution >= 0.6 is 23.4 Å². The number of anilines is 1. The predicted molar refractivity (Wildman–Crippen MR) is 152 cm³/mol. The number of carbonyl (C=O) groups is 3. The van der Waals surface area contributed by atoms with E-state index < -0.39 is 11.7 Å². The normalized spacial score (nSPS) is 19.0. The van der Waals surface area contributed by atoms with Crippen LogP contribution in [0.25, 0.3) is 6.08 Å². The van der Waals surface area contributed by atoms with E-state index in [4.69, 9.17) is 16.3 Å². The number of piperidine rings is 1. The zero-order valence-electron chi connectivity index (χ0n) is 21.8. The molecule has 0 radical (unpaired) electrons. The van der Waals surface area contributed by atoms with E-state index in [1.165, 1.54) is 0 Å². The van der Waals surface area contributed by atoms with E-state index in [9.17, 15) is 14.4 Å². The molecule has 2 aliphatic rings. The standard InChI is InChI=1S/C28H33ClN4O4S/c1-28(2,3)37-26(35)31-16-19-11-9-18(10-12-19)15-30-21-7-5-13-33(17-21)24-20(6-4-8-22(24)29)14-23-25(34)32-27(36)38-23/h4,6,8-12,14,21,30H,5,7,13,15-17H2,1-3H3,(H,31,35)(H,32,34,36). The molecule has 2 heterocycles. The SMILES string of the molecule is CC(C)(C)OC(=O)NCc1ccc(CNC2CCCN(c3c(Cl)cccc3C=C3SC(=O)NC3=O)C2)cc1. The highest BCUT2D eigenvalue weighted by Gasteiger charge is 2.27. The van der Waals surface area contributed by atoms with Crippen LogP contribution in [0.15, 0.2) is 47.4 Å². The number of carbonyl (C=O) groups excluding carboxylic acids is 3. The molecule has 3 amide bonds. The van der Waals surface area contributed by atoms with Gasteiger partial charge in [-0.1, -0.05) is 48.0 Å². The molecule has 10 heteroatoms. The second-order valence-electron chi connectivity index (χ2n) is 10.4. The van der Waals surface area contributed by atoms with Crippen molar-refractivity contribution in [1.29, 1.82) is 0 Å². The number of nitrogens with zero attached hydrogens (tertiary/aromatic N) is 1. The van der Waals surface area contributed by atoms with E-state index in [1.807, 2.05) is 51.1 Å². The molecule has 0 spiro atoms. The molecule has 2 aliphatic heterocycles. The van der Waals surface area contributed by atoms with Gasteiger partial charge in [-0.05, 0) is 68.6 Å². The predicted octanol–water partition coefficient (Wildman–Crippen LogP) is 5.45. The van der Waals surface area contributed by atoms with E-state index in [2.05, 4.69) is 33.0 Å². The van der Waals surface area contributed by atoms with Gasteiger partial charge < -0.3 is 20.3 Å². The molecular formula is C28H33ClN4O4S. The van der Waals surface area contributed by atoms with Gasteiger partial charge in [0.15, 0.2) is 0 Å². The molecule has 8 nitrogen and oxygen atoms in total. The molecule has 2 aromatic carbocycles. The summed E-state index contributed by atoms with van der Waals surface area (Å²) in [5.41, 5.74) is 3.33. The van der Waals surface area contributed by atoms with E-state index in [0.29, 0.717) is 16.5 Å². The fourth-order valence-electron chi connectivity index (χ4n) is 4.42. The molecule has 38 heavy (non-hydrogen) atoms. The minimum absolute atomic E-state index is 0.264. The van der Waals surface area contributed by atoms with Gasteiger partial charge in [0.2, 0.25) is 0 Å². The van der Waals surface area contributed by atoms with Crippen molar-refractivity contribution in [1.82, 2.24) is 16.0 Å². The number of amides is 3. The maximum atomic E-state index is 12.1. The summed E-state index contributed by atoms with van der Waals surface area (Å²) in [5, 5.41) is 8.99. The summed E-state index contributed by atoms with van der Waals surface area (Å²) in [5.74, 6) is -0.379. The van der Waals surface area contributed by atoms with E-state index >= 15 is 0 Å². The second-order valence-corrected chi connectivity index (χ2v) is 11.8. The van der Waals surface area contributed by atoms with Crippen molar-refractivity contribution in [3.05, 3.63) is 69.1 Å². The summed E-state index contributed by atoms with van der Waals surface area (Å²) in [6, 6.07) is 14.0. The Kier molecular flexibility index (Phi) is 9.02. The third kappa shape index (κ3) is 7.75. The number of hydrogen-bond donors (Lipinski definition) is 3. The third-order valence-corrected chi connectivity index (χ3v) is 7.25. The largest absolute Gasteiger partial charge is 0.444 e. The van der Waals surface area contributed by atoms with Gasteiger partial charge in [0.05, 0.1) is 15.6 Å². The molecule has 1 unspecified atom stereocenters. The van der Waals surface area contributed by atoms with Gasteiger partial charge in [0.1, 0.15) is 5.60 Å². The molecule has 4 rings (SSSR count). The molecule has 3 N–H and O–H groups in total. The summed E-state index contributed by atoms with van der Waals surface area (Å²) in [6.07, 6.45) is 3.36. The van der Waals surface area contributed by atoms with Crippen molar-refractivity contribution < 1.29 is 19.1 Å². The number of benzene rings is 2. The lowest BCUT2D eigenvalue weighted by Crippen LogP contribution is -2.45. The van der Waals surface area contributed by atoms with Gasteiger partial charge in [0, 0.05) is 37.8 Å². The number of thioether (sulfide) groups is 1. The molecule has 1 atom stereocenters. The van der Waals surface area contributed by atoms with Crippen molar-refractivity contribution in [2.75, 3.05) is 18.0 Å². The molecule has 2 aromatic rings. The van der Waals surface area contributed by atoms with Gasteiger partial charge in [-0.25, -0.2) is 4.79 Å². The van der Waals surface area contributed by atoms with Crippen LogP contribution in [0.4, 0.5) is 15.3 Å². The highest BCUT2D eigenvalue weighted by atomic mass is 35.5. The highest BCUT2D eigenvalue weighted by Crippen LogP contribution is 2.35. The summed E-state index contributed by atoms with van der Waals surface area (Å²) >= 11 is 7.53. The monoisotopic (exact) mass is 556 g/mol. The minimum atomic E-state index is -0.523. The number of alkyl carbamates (subject to hydrolysis) is 1. The average Bonchev–Trinajstić information content (AvgIpc) is 3.17. The van der Waals surface area contributed by atoms with E-state index in [-0.39, 0.29) is 17.2 Å². The van der Waals surface area contributed by atoms with Crippen molar-refractivity contribution in [3.63, 3.8) is 0 Å². The van der Waals surface area contributed by atoms with Crippen LogP contribution in [0, 0.1) is 0 Å². The number of hydrogen-bond acceptors (Lipinski definition) is 7. The zero-order valence-corrected chi connectivity index (χ0v) is 23.4. The van der Waals surface area contributed by atoms with Crippen molar-refractivity contribution >= 4 is 52.4 Å². The van der Waals surface area contributed by atoms with Gasteiger partial charge in [-0.3, -0.25) is 14.9 Å². The molecule has 2 saturated heterocycles. The molecule has 202 valence electrons. The first kappa shape index (κ1) is 28.0. The Bertz CT molecular complexity index is 1230. The van der Waals surface area contributed by atoms with Gasteiger partial charge in [0.25, 0.3) is 11.1 Å². The lowest BCUT2D eigenvalue weighted by Gasteiger charge is -2.36. The molecule has 0 aromatic heterocycles. The average molecular weight is 557 g/mol. The fraction of sp³-hybridized carbons (Fsp3) is 0.393. The van der Waals surface area contributed by atoms with Crippen LogP contribution < -0.4 is 20.9 Å². The Labute approximate surface area is 232 Å². The minimum Gasteiger partial charge on any atom is -0.444 e. The number of nitrogens with one attached hydrogen (secondary N) is 3. The summed E-state index contributed by atoms with van der Waals surface area (Å²) in [6.45, 7) is 8.27. The summed E-state index contributed by atoms with van der Waals surface area (Å²) in [7, 11) is 0. The first-order valence-electron chi connectivity index (χ1n) is 12.6. The van der Waals surface area contributed by atoms with Crippen LogP contribution in [0.2, 0.25) is 5.02 Å². The van der Waals surface area contributed by atoms with Gasteiger partial charge in [-0.15, -0.1) is 0 Å². The van der Waals surface area contributed by atoms with Gasteiger partial charge in [-0.2, -0.15) is 0 Å². The Morgan fingerprint density at radius 1 is 1.16 bits per heavy atom. The first-order valence-corrected chi connectivity index (χ1v) is 13.8. The Hall–Kier alpha value is -3.01. The number of rotatable bonds is 7. The topological polar surface area (TPSA) is 99.8 Å². The van der Waals surface area contributed by atoms with Crippen molar-refractivity contribution in [2.45, 2.75) is 58.3 Å². The first-order chi connectivity index (χ1) is 18.1. The van der Waals surface area contributed by atoms with Gasteiger partial charge >= 0.3 is 6.09 Å². The number of ether oxygens (including phenoxy) is 1. The van der Waals surface area contributed by atoms with Crippen LogP contribution in [-0.2, 0) is 22.6 Å². The second kappa shape index (κ2) is 12.2. The maximum Gasteiger partial charge on any atom is 0.407 e. The summed E-state index contributed by atoms with van der Waals surface area (Å²) in [4.78, 5) is 38.1. The van der Waals surface area contributed by atoms with Crippen molar-refractivity contribution in [2.24, 2.45) is 0 Å².